The summed E-state index contributed by atoms with van der Waals surface area (Å²) in [4.78, 5) is 20.1. The summed E-state index contributed by atoms with van der Waals surface area (Å²) in [7, 11) is 0. The molecule has 0 spiro atoms. The summed E-state index contributed by atoms with van der Waals surface area (Å²) in [5.41, 5.74) is 0. The summed E-state index contributed by atoms with van der Waals surface area (Å²) in [6.07, 6.45) is -12.5. The number of carbonyl (C=O) groups is 2. The SMILES string of the molecule is O=C(CC(F)(F)F)NC(=O)C(F)(F)F. The molecule has 1 N–H and O–H groups in total. The third-order valence-corrected chi connectivity index (χ3v) is 0.871. The van der Waals surface area contributed by atoms with Crippen LogP contribution in [-0.2, 0) is 9.59 Å². The number of hydrogen-bond acceptors (Lipinski definition) is 2. The quantitative estimate of drug-likeness (QED) is 0.677. The first-order valence-electron chi connectivity index (χ1n) is 3.00. The summed E-state index contributed by atoms with van der Waals surface area (Å²) >= 11 is 0. The highest BCUT2D eigenvalue weighted by atomic mass is 19.4. The molecule has 0 heterocycles. The van der Waals surface area contributed by atoms with Gasteiger partial charge in [0.1, 0.15) is 6.42 Å². The van der Waals surface area contributed by atoms with Crippen molar-refractivity contribution in [1.82, 2.24) is 5.32 Å². The number of hydrogen-bond donors (Lipinski definition) is 1. The lowest BCUT2D eigenvalue weighted by atomic mass is 10.4. The van der Waals surface area contributed by atoms with Crippen molar-refractivity contribution in [1.29, 1.82) is 0 Å². The molecule has 0 aliphatic carbocycles. The van der Waals surface area contributed by atoms with Gasteiger partial charge < -0.3 is 0 Å². The monoisotopic (exact) mass is 223 g/mol. The van der Waals surface area contributed by atoms with Gasteiger partial charge in [-0.15, -0.1) is 0 Å². The Labute approximate surface area is 73.1 Å². The van der Waals surface area contributed by atoms with Crippen LogP contribution in [0.5, 0.6) is 0 Å². The number of amides is 2. The summed E-state index contributed by atoms with van der Waals surface area (Å²) < 4.78 is 68.4. The zero-order chi connectivity index (χ0) is 11.6. The van der Waals surface area contributed by atoms with Gasteiger partial charge in [-0.05, 0) is 0 Å². The second kappa shape index (κ2) is 3.84. The molecule has 0 aliphatic rings. The van der Waals surface area contributed by atoms with Crippen LogP contribution >= 0.6 is 0 Å². The Morgan fingerprint density at radius 1 is 1.00 bits per heavy atom. The predicted molar refractivity (Wildman–Crippen MR) is 29.9 cm³/mol. The van der Waals surface area contributed by atoms with E-state index in [1.54, 1.807) is 0 Å². The number of alkyl halides is 6. The zero-order valence-electron chi connectivity index (χ0n) is 6.29. The van der Waals surface area contributed by atoms with Gasteiger partial charge in [-0.25, -0.2) is 0 Å². The first-order chi connectivity index (χ1) is 6.02. The maximum absolute atomic E-state index is 11.4. The van der Waals surface area contributed by atoms with Gasteiger partial charge in [0.2, 0.25) is 5.91 Å². The molecule has 2 amide bonds. The van der Waals surface area contributed by atoms with Crippen molar-refractivity contribution in [3.63, 3.8) is 0 Å². The van der Waals surface area contributed by atoms with E-state index in [9.17, 15) is 35.9 Å². The van der Waals surface area contributed by atoms with Crippen molar-refractivity contribution in [2.24, 2.45) is 0 Å². The lowest BCUT2D eigenvalue weighted by Gasteiger charge is -2.08. The molecule has 0 fully saturated rings. The fourth-order valence-electron chi connectivity index (χ4n) is 0.424. The normalized spacial score (nSPS) is 12.4. The molecule has 0 saturated heterocycles. The fourth-order valence-corrected chi connectivity index (χ4v) is 0.424. The molecule has 0 unspecified atom stereocenters. The molecule has 0 aromatic rings. The van der Waals surface area contributed by atoms with Crippen LogP contribution in [0.4, 0.5) is 26.3 Å². The Kier molecular flexibility index (Phi) is 3.49. The van der Waals surface area contributed by atoms with Crippen LogP contribution in [0.25, 0.3) is 0 Å². The molecule has 0 radical (unpaired) electrons. The Morgan fingerprint density at radius 3 is 1.71 bits per heavy atom. The first-order valence-corrected chi connectivity index (χ1v) is 3.00. The smallest absolute Gasteiger partial charge is 0.288 e. The van der Waals surface area contributed by atoms with Gasteiger partial charge in [0, 0.05) is 0 Å². The first kappa shape index (κ1) is 12.7. The summed E-state index contributed by atoms with van der Waals surface area (Å²) in [6.45, 7) is 0. The molecular weight excluding hydrogens is 220 g/mol. The summed E-state index contributed by atoms with van der Waals surface area (Å²) in [5.74, 6) is -4.76. The summed E-state index contributed by atoms with van der Waals surface area (Å²) in [6, 6.07) is 0. The van der Waals surface area contributed by atoms with Crippen molar-refractivity contribution in [3.8, 4) is 0 Å². The highest BCUT2D eigenvalue weighted by molar-refractivity contribution is 5.97. The van der Waals surface area contributed by atoms with Crippen molar-refractivity contribution in [3.05, 3.63) is 0 Å². The number of carbonyl (C=O) groups excluding carboxylic acids is 2. The van der Waals surface area contributed by atoms with Crippen LogP contribution in [0.15, 0.2) is 0 Å². The van der Waals surface area contributed by atoms with Gasteiger partial charge in [0.05, 0.1) is 0 Å². The van der Waals surface area contributed by atoms with Gasteiger partial charge in [0.25, 0.3) is 0 Å². The third-order valence-electron chi connectivity index (χ3n) is 0.871. The molecule has 0 bridgehead atoms. The topological polar surface area (TPSA) is 46.2 Å². The van der Waals surface area contributed by atoms with E-state index in [1.165, 1.54) is 0 Å². The van der Waals surface area contributed by atoms with E-state index in [0.717, 1.165) is 0 Å². The van der Waals surface area contributed by atoms with E-state index in [1.807, 2.05) is 0 Å². The largest absolute Gasteiger partial charge is 0.471 e. The van der Waals surface area contributed by atoms with E-state index < -0.39 is 30.6 Å². The fraction of sp³-hybridized carbons (Fsp3) is 0.600. The van der Waals surface area contributed by atoms with Gasteiger partial charge in [0.15, 0.2) is 0 Å². The number of imide groups is 1. The molecule has 82 valence electrons. The van der Waals surface area contributed by atoms with Crippen LogP contribution in [0.2, 0.25) is 0 Å². The Morgan fingerprint density at radius 2 is 1.43 bits per heavy atom. The molecule has 14 heavy (non-hydrogen) atoms. The van der Waals surface area contributed by atoms with Gasteiger partial charge in [-0.2, -0.15) is 26.3 Å². The molecule has 0 rings (SSSR count). The predicted octanol–water partition coefficient (Wildman–Crippen LogP) is 1.14. The van der Waals surface area contributed by atoms with Crippen LogP contribution in [-0.4, -0.2) is 24.2 Å². The number of halogens is 6. The van der Waals surface area contributed by atoms with Gasteiger partial charge >= 0.3 is 18.3 Å². The average molecular weight is 223 g/mol. The molecule has 0 aromatic heterocycles. The number of nitrogens with one attached hydrogen (secondary N) is 1. The molecule has 0 atom stereocenters. The summed E-state index contributed by atoms with van der Waals surface area (Å²) in [5, 5.41) is 0.554. The van der Waals surface area contributed by atoms with Crippen LogP contribution in [0.1, 0.15) is 6.42 Å². The highest BCUT2D eigenvalue weighted by Gasteiger charge is 2.41. The Balaban J connectivity index is 4.16. The minimum atomic E-state index is -5.37. The average Bonchev–Trinajstić information content (AvgIpc) is 1.79. The lowest BCUT2D eigenvalue weighted by molar-refractivity contribution is -0.177. The van der Waals surface area contributed by atoms with E-state index in [2.05, 4.69) is 0 Å². The molecule has 0 saturated carbocycles. The molecular formula is C5H3F6NO2. The van der Waals surface area contributed by atoms with Crippen molar-refractivity contribution in [2.75, 3.05) is 0 Å². The standard InChI is InChI=1S/C5H3F6NO2/c6-4(7,8)1-2(13)12-3(14)5(9,10)11/h1H2,(H,12,13,14). The second-order valence-electron chi connectivity index (χ2n) is 2.17. The lowest BCUT2D eigenvalue weighted by Crippen LogP contribution is -2.41. The highest BCUT2D eigenvalue weighted by Crippen LogP contribution is 2.20. The van der Waals surface area contributed by atoms with Crippen LogP contribution in [0, 0.1) is 0 Å². The van der Waals surface area contributed by atoms with Crippen LogP contribution in [0.3, 0.4) is 0 Å². The Hall–Kier alpha value is -1.28. The molecule has 9 heteroatoms. The van der Waals surface area contributed by atoms with Crippen LogP contribution < -0.4 is 5.32 Å². The third kappa shape index (κ3) is 5.38. The number of rotatable bonds is 1. The minimum absolute atomic E-state index is 0.554. The van der Waals surface area contributed by atoms with E-state index >= 15 is 0 Å². The van der Waals surface area contributed by atoms with Gasteiger partial charge in [-0.3, -0.25) is 14.9 Å². The van der Waals surface area contributed by atoms with Crippen molar-refractivity contribution >= 4 is 11.8 Å². The zero-order valence-corrected chi connectivity index (χ0v) is 6.29. The van der Waals surface area contributed by atoms with Crippen molar-refractivity contribution < 1.29 is 35.9 Å². The van der Waals surface area contributed by atoms with E-state index in [-0.39, 0.29) is 0 Å². The maximum atomic E-state index is 11.4. The molecule has 0 aliphatic heterocycles. The molecule has 0 aromatic carbocycles. The van der Waals surface area contributed by atoms with Crippen molar-refractivity contribution in [2.45, 2.75) is 18.8 Å². The second-order valence-corrected chi connectivity index (χ2v) is 2.17. The van der Waals surface area contributed by atoms with E-state index in [0.29, 0.717) is 5.32 Å². The van der Waals surface area contributed by atoms with E-state index in [4.69, 9.17) is 0 Å². The van der Waals surface area contributed by atoms with Gasteiger partial charge in [-0.1, -0.05) is 0 Å². The maximum Gasteiger partial charge on any atom is 0.471 e. The Bertz CT molecular complexity index is 242. The minimum Gasteiger partial charge on any atom is -0.288 e. The molecule has 3 nitrogen and oxygen atoms in total.